The summed E-state index contributed by atoms with van der Waals surface area (Å²) in [5, 5.41) is 3.30. The lowest BCUT2D eigenvalue weighted by atomic mass is 10.1. The summed E-state index contributed by atoms with van der Waals surface area (Å²) in [6.45, 7) is 4.29. The highest BCUT2D eigenvalue weighted by molar-refractivity contribution is 5.21. The maximum absolute atomic E-state index is 13.0. The number of imidazole rings is 1. The van der Waals surface area contributed by atoms with Gasteiger partial charge in [0.25, 0.3) is 0 Å². The van der Waals surface area contributed by atoms with Gasteiger partial charge in [-0.15, -0.1) is 0 Å². The molecule has 1 heterocycles. The van der Waals surface area contributed by atoms with Crippen molar-refractivity contribution in [2.75, 3.05) is 20.3 Å². The molecule has 0 fully saturated rings. The summed E-state index contributed by atoms with van der Waals surface area (Å²) in [7, 11) is 1.68. The molecule has 1 aromatic carbocycles. The molecule has 1 unspecified atom stereocenters. The second-order valence-electron chi connectivity index (χ2n) is 4.69. The molecule has 0 aliphatic heterocycles. The first kappa shape index (κ1) is 14.7. The Morgan fingerprint density at radius 3 is 2.80 bits per heavy atom. The number of methoxy groups -OCH3 is 1. The smallest absolute Gasteiger partial charge is 0.123 e. The molecule has 0 amide bonds. The lowest BCUT2D eigenvalue weighted by molar-refractivity contribution is 0.199. The van der Waals surface area contributed by atoms with Crippen molar-refractivity contribution in [1.29, 1.82) is 0 Å². The van der Waals surface area contributed by atoms with Crippen LogP contribution in [0.15, 0.2) is 36.8 Å². The predicted molar refractivity (Wildman–Crippen MR) is 76.0 cm³/mol. The molecule has 0 aliphatic carbocycles. The lowest BCUT2D eigenvalue weighted by Crippen LogP contribution is -2.21. The standard InChI is InChI=1S/C15H20FN3O/c1-12(13-3-5-14(16)6-4-13)19-11-18-10-15(19)9-17-7-8-20-2/h3-6,10-12,17H,7-9H2,1-2H3. The van der Waals surface area contributed by atoms with Crippen LogP contribution in [0.2, 0.25) is 0 Å². The summed E-state index contributed by atoms with van der Waals surface area (Å²) < 4.78 is 20.1. The molecule has 20 heavy (non-hydrogen) atoms. The van der Waals surface area contributed by atoms with E-state index in [0.717, 1.165) is 24.3 Å². The van der Waals surface area contributed by atoms with Gasteiger partial charge in [-0.3, -0.25) is 0 Å². The van der Waals surface area contributed by atoms with Crippen molar-refractivity contribution in [2.24, 2.45) is 0 Å². The number of halogens is 1. The fourth-order valence-corrected chi connectivity index (χ4v) is 2.11. The first-order valence-corrected chi connectivity index (χ1v) is 6.68. The van der Waals surface area contributed by atoms with Crippen LogP contribution in [-0.2, 0) is 11.3 Å². The summed E-state index contributed by atoms with van der Waals surface area (Å²) in [6.07, 6.45) is 3.65. The molecule has 108 valence electrons. The lowest BCUT2D eigenvalue weighted by Gasteiger charge is -2.17. The molecule has 2 aromatic rings. The van der Waals surface area contributed by atoms with Crippen LogP contribution in [0.4, 0.5) is 4.39 Å². The third kappa shape index (κ3) is 3.65. The second kappa shape index (κ2) is 7.17. The summed E-state index contributed by atoms with van der Waals surface area (Å²) >= 11 is 0. The summed E-state index contributed by atoms with van der Waals surface area (Å²) in [6, 6.07) is 6.71. The van der Waals surface area contributed by atoms with Crippen LogP contribution < -0.4 is 5.32 Å². The van der Waals surface area contributed by atoms with Gasteiger partial charge < -0.3 is 14.6 Å². The highest BCUT2D eigenvalue weighted by Gasteiger charge is 2.11. The van der Waals surface area contributed by atoms with E-state index in [1.807, 2.05) is 18.3 Å². The fourth-order valence-electron chi connectivity index (χ4n) is 2.11. The minimum absolute atomic E-state index is 0.123. The third-order valence-electron chi connectivity index (χ3n) is 3.31. The molecule has 1 atom stereocenters. The number of hydrogen-bond acceptors (Lipinski definition) is 3. The van der Waals surface area contributed by atoms with E-state index in [-0.39, 0.29) is 11.9 Å². The van der Waals surface area contributed by atoms with Gasteiger partial charge in [-0.2, -0.15) is 0 Å². The van der Waals surface area contributed by atoms with Crippen molar-refractivity contribution in [3.8, 4) is 0 Å². The van der Waals surface area contributed by atoms with Crippen LogP contribution in [0.5, 0.6) is 0 Å². The van der Waals surface area contributed by atoms with Gasteiger partial charge in [0.1, 0.15) is 5.82 Å². The molecule has 0 spiro atoms. The zero-order valence-electron chi connectivity index (χ0n) is 11.8. The molecule has 0 radical (unpaired) electrons. The second-order valence-corrected chi connectivity index (χ2v) is 4.69. The summed E-state index contributed by atoms with van der Waals surface area (Å²) in [4.78, 5) is 4.20. The minimum Gasteiger partial charge on any atom is -0.383 e. The first-order chi connectivity index (χ1) is 9.72. The van der Waals surface area contributed by atoms with Gasteiger partial charge in [-0.1, -0.05) is 12.1 Å². The molecular weight excluding hydrogens is 257 g/mol. The van der Waals surface area contributed by atoms with Crippen LogP contribution in [0.1, 0.15) is 24.2 Å². The predicted octanol–water partition coefficient (Wildman–Crippen LogP) is 2.37. The number of aromatic nitrogens is 2. The van der Waals surface area contributed by atoms with Gasteiger partial charge in [0.2, 0.25) is 0 Å². The number of nitrogens with one attached hydrogen (secondary N) is 1. The Hall–Kier alpha value is -1.72. The van der Waals surface area contributed by atoms with Crippen molar-refractivity contribution < 1.29 is 9.13 Å². The number of ether oxygens (including phenoxy) is 1. The minimum atomic E-state index is -0.215. The molecule has 0 aliphatic rings. The van der Waals surface area contributed by atoms with E-state index in [0.29, 0.717) is 6.61 Å². The fraction of sp³-hybridized carbons (Fsp3) is 0.400. The molecule has 1 aromatic heterocycles. The monoisotopic (exact) mass is 277 g/mol. The molecule has 1 N–H and O–H groups in total. The van der Waals surface area contributed by atoms with Gasteiger partial charge in [0.15, 0.2) is 0 Å². The van der Waals surface area contributed by atoms with Gasteiger partial charge >= 0.3 is 0 Å². The molecule has 2 rings (SSSR count). The van der Waals surface area contributed by atoms with Crippen LogP contribution >= 0.6 is 0 Å². The average Bonchev–Trinajstić information content (AvgIpc) is 2.92. The number of benzene rings is 1. The van der Waals surface area contributed by atoms with Crippen molar-refractivity contribution in [3.05, 3.63) is 53.9 Å². The first-order valence-electron chi connectivity index (χ1n) is 6.68. The van der Waals surface area contributed by atoms with Crippen molar-refractivity contribution in [2.45, 2.75) is 19.5 Å². The average molecular weight is 277 g/mol. The maximum Gasteiger partial charge on any atom is 0.123 e. The normalized spacial score (nSPS) is 12.6. The van der Waals surface area contributed by atoms with E-state index in [4.69, 9.17) is 4.74 Å². The quantitative estimate of drug-likeness (QED) is 0.790. The molecule has 5 heteroatoms. The molecule has 0 saturated carbocycles. The topological polar surface area (TPSA) is 39.1 Å². The number of rotatable bonds is 7. The summed E-state index contributed by atoms with van der Waals surface area (Å²) in [5.74, 6) is -0.215. The van der Waals surface area contributed by atoms with E-state index in [1.54, 1.807) is 13.4 Å². The Morgan fingerprint density at radius 2 is 2.10 bits per heavy atom. The van der Waals surface area contributed by atoms with Gasteiger partial charge in [0.05, 0.1) is 24.7 Å². The SMILES string of the molecule is COCCNCc1cncn1C(C)c1ccc(F)cc1. The van der Waals surface area contributed by atoms with E-state index in [9.17, 15) is 4.39 Å². The van der Waals surface area contributed by atoms with Gasteiger partial charge in [-0.25, -0.2) is 9.37 Å². The summed E-state index contributed by atoms with van der Waals surface area (Å²) in [5.41, 5.74) is 2.15. The Bertz CT molecular complexity index is 524. The van der Waals surface area contributed by atoms with Crippen LogP contribution in [0.25, 0.3) is 0 Å². The third-order valence-corrected chi connectivity index (χ3v) is 3.31. The van der Waals surface area contributed by atoms with E-state index < -0.39 is 0 Å². The maximum atomic E-state index is 13.0. The zero-order chi connectivity index (χ0) is 14.4. The Kier molecular flexibility index (Phi) is 5.26. The van der Waals surface area contributed by atoms with Crippen molar-refractivity contribution in [3.63, 3.8) is 0 Å². The number of nitrogens with zero attached hydrogens (tertiary/aromatic N) is 2. The Balaban J connectivity index is 2.04. The van der Waals surface area contributed by atoms with E-state index in [2.05, 4.69) is 21.8 Å². The number of hydrogen-bond donors (Lipinski definition) is 1. The largest absolute Gasteiger partial charge is 0.383 e. The van der Waals surface area contributed by atoms with Gasteiger partial charge in [0, 0.05) is 26.4 Å². The zero-order valence-corrected chi connectivity index (χ0v) is 11.8. The van der Waals surface area contributed by atoms with Gasteiger partial charge in [-0.05, 0) is 24.6 Å². The highest BCUT2D eigenvalue weighted by Crippen LogP contribution is 2.19. The van der Waals surface area contributed by atoms with Crippen LogP contribution in [-0.4, -0.2) is 29.8 Å². The Morgan fingerprint density at radius 1 is 1.35 bits per heavy atom. The molecule has 0 bridgehead atoms. The molecular formula is C15H20FN3O. The molecule has 4 nitrogen and oxygen atoms in total. The van der Waals surface area contributed by atoms with Crippen LogP contribution in [0.3, 0.4) is 0 Å². The van der Waals surface area contributed by atoms with E-state index >= 15 is 0 Å². The Labute approximate surface area is 118 Å². The van der Waals surface area contributed by atoms with E-state index in [1.165, 1.54) is 12.1 Å². The van der Waals surface area contributed by atoms with Crippen molar-refractivity contribution >= 4 is 0 Å². The van der Waals surface area contributed by atoms with Crippen LogP contribution in [0, 0.1) is 5.82 Å². The highest BCUT2D eigenvalue weighted by atomic mass is 19.1. The molecule has 0 saturated heterocycles. The van der Waals surface area contributed by atoms with Crippen molar-refractivity contribution in [1.82, 2.24) is 14.9 Å².